The average Bonchev–Trinajstić information content (AvgIpc) is 3.67. The predicted octanol–water partition coefficient (Wildman–Crippen LogP) is 5.15. The van der Waals surface area contributed by atoms with E-state index < -0.39 is 36.0 Å². The minimum absolute atomic E-state index is 0.0371. The molecule has 3 aliphatic rings. The van der Waals surface area contributed by atoms with E-state index in [0.717, 1.165) is 23.6 Å². The van der Waals surface area contributed by atoms with E-state index in [1.807, 2.05) is 30.9 Å². The van der Waals surface area contributed by atoms with Crippen LogP contribution in [-0.2, 0) is 40.1 Å². The van der Waals surface area contributed by atoms with E-state index in [1.54, 1.807) is 68.6 Å². The second-order valence-electron chi connectivity index (χ2n) is 20.3. The number of ether oxygens (including phenoxy) is 1. The molecule has 3 aromatic rings. The van der Waals surface area contributed by atoms with Crippen LogP contribution in [0, 0.1) is 5.92 Å². The number of imide groups is 1. The Labute approximate surface area is 466 Å². The molecule has 428 valence electrons. The topological polar surface area (TPSA) is 322 Å². The zero-order chi connectivity index (χ0) is 57.7. The molecule has 0 saturated carbocycles. The van der Waals surface area contributed by atoms with Crippen molar-refractivity contribution in [3.63, 3.8) is 0 Å². The van der Waals surface area contributed by atoms with Gasteiger partial charge in [-0.25, -0.2) is 19.6 Å². The molecule has 1 fully saturated rings. The first-order valence-corrected chi connectivity index (χ1v) is 27.4. The predicted molar refractivity (Wildman–Crippen MR) is 303 cm³/mol. The van der Waals surface area contributed by atoms with Crippen molar-refractivity contribution >= 4 is 88.3 Å². The maximum absolute atomic E-state index is 13.6. The summed E-state index contributed by atoms with van der Waals surface area (Å²) in [4.78, 5) is 129. The highest BCUT2D eigenvalue weighted by atomic mass is 16.5. The molecule has 80 heavy (non-hydrogen) atoms. The molecule has 23 nitrogen and oxygen atoms in total. The van der Waals surface area contributed by atoms with Gasteiger partial charge in [0.15, 0.2) is 0 Å². The van der Waals surface area contributed by atoms with Crippen LogP contribution in [-0.4, -0.2) is 131 Å². The number of rotatable bonds is 27. The lowest BCUT2D eigenvalue weighted by molar-refractivity contribution is -0.137. The molecule has 0 spiro atoms. The maximum Gasteiger partial charge on any atom is 0.407 e. The zero-order valence-corrected chi connectivity index (χ0v) is 46.0. The van der Waals surface area contributed by atoms with Crippen LogP contribution in [0.3, 0.4) is 0 Å². The number of piperidine rings is 1. The van der Waals surface area contributed by atoms with E-state index in [4.69, 9.17) is 16.2 Å². The molecule has 2 aromatic carbocycles. The number of fused-ring (bicyclic) bond motifs is 1. The number of benzene rings is 2. The second kappa shape index (κ2) is 29.9. The van der Waals surface area contributed by atoms with E-state index in [-0.39, 0.29) is 80.5 Å². The number of nitrogens with two attached hydrogens (primary N) is 2. The van der Waals surface area contributed by atoms with Gasteiger partial charge in [0.05, 0.1) is 17.6 Å². The fourth-order valence-electron chi connectivity index (χ4n) is 9.31. The van der Waals surface area contributed by atoms with Gasteiger partial charge >= 0.3 is 12.1 Å². The van der Waals surface area contributed by atoms with Gasteiger partial charge in [-0.3, -0.25) is 38.5 Å². The lowest BCUT2D eigenvalue weighted by Crippen LogP contribution is -2.54. The number of alkyl carbamates (subject to hydrolysis) is 1. The number of anilines is 3. The van der Waals surface area contributed by atoms with Crippen LogP contribution in [0.25, 0.3) is 6.08 Å². The van der Waals surface area contributed by atoms with E-state index in [2.05, 4.69) is 46.8 Å². The van der Waals surface area contributed by atoms with Gasteiger partial charge in [-0.15, -0.1) is 0 Å². The highest BCUT2D eigenvalue weighted by molar-refractivity contribution is 6.13. The SMILES string of the molecule is CCCN(CCC)C(=O)C1=Cc2ccc(C(=O)Nc3ccc(N4CCC(NC(=O)OCc5ccc(NC(=O)C(CCCNC(N)=O)NC(=O)C(NC(=O)CCCCCN6C(=O)C=CC6=O)C(C)C)cc5)CC4)nc3)cc2N=C(N)C1. The number of hydrogen-bond donors (Lipinski definition) is 8. The first-order valence-electron chi connectivity index (χ1n) is 27.4. The molecule has 3 aliphatic heterocycles. The normalized spacial score (nSPS) is 14.9. The summed E-state index contributed by atoms with van der Waals surface area (Å²) in [7, 11) is 0. The standard InChI is InChI=1S/C57H75N13O10/c1-5-26-69(27-6-2)55(77)40-31-38-15-16-39(32-45(38)65-46(58)33-40)52(74)63-43-19-20-47(61-34-43)68-29-23-42(24-30-68)64-57(79)80-35-37-13-17-41(18-14-37)62-53(75)44(11-10-25-60-56(59)78)66-54(76)51(36(3)4)67-48(71)12-8-7-9-28-70-49(72)21-22-50(70)73/h13-22,31-32,34,36,42,44,51H,5-12,23-30,33,35H2,1-4H3,(H2,58,65)(H,62,75)(H,63,74)(H,64,79)(H,66,76)(H,67,71)(H3,59,60,78). The van der Waals surface area contributed by atoms with Crippen molar-refractivity contribution in [2.45, 2.75) is 123 Å². The van der Waals surface area contributed by atoms with Crippen LogP contribution in [0.4, 0.5) is 32.5 Å². The highest BCUT2D eigenvalue weighted by Gasteiger charge is 2.30. The van der Waals surface area contributed by atoms with Gasteiger partial charge in [0.25, 0.3) is 17.7 Å². The summed E-state index contributed by atoms with van der Waals surface area (Å²) >= 11 is 0. The van der Waals surface area contributed by atoms with Crippen molar-refractivity contribution in [2.75, 3.05) is 54.8 Å². The minimum atomic E-state index is -1.05. The summed E-state index contributed by atoms with van der Waals surface area (Å²) in [6.07, 6.45) is 10.6. The van der Waals surface area contributed by atoms with Crippen molar-refractivity contribution in [2.24, 2.45) is 22.4 Å². The monoisotopic (exact) mass is 1100 g/mol. The second-order valence-corrected chi connectivity index (χ2v) is 20.3. The summed E-state index contributed by atoms with van der Waals surface area (Å²) in [6.45, 7) is 10.5. The summed E-state index contributed by atoms with van der Waals surface area (Å²) in [5.41, 5.74) is 15.2. The summed E-state index contributed by atoms with van der Waals surface area (Å²) < 4.78 is 5.53. The summed E-state index contributed by atoms with van der Waals surface area (Å²) in [5, 5.41) is 16.6. The Bertz CT molecular complexity index is 2780. The number of hydrogen-bond acceptors (Lipinski definition) is 14. The number of unbranched alkanes of at least 4 members (excludes halogenated alkanes) is 2. The fourth-order valence-corrected chi connectivity index (χ4v) is 9.31. The third-order valence-electron chi connectivity index (χ3n) is 13.6. The minimum Gasteiger partial charge on any atom is -0.445 e. The van der Waals surface area contributed by atoms with Gasteiger partial charge in [0.2, 0.25) is 23.6 Å². The number of carbonyl (C=O) groups is 9. The largest absolute Gasteiger partial charge is 0.445 e. The molecule has 10 amide bonds. The number of pyridine rings is 1. The van der Waals surface area contributed by atoms with Gasteiger partial charge in [-0.05, 0) is 105 Å². The number of aliphatic imine (C=N–C) groups is 1. The van der Waals surface area contributed by atoms with Crippen molar-refractivity contribution in [3.8, 4) is 0 Å². The Morgan fingerprint density at radius 2 is 1.52 bits per heavy atom. The average molecular weight is 1100 g/mol. The molecular formula is C57H75N13O10. The number of primary amides is 1. The van der Waals surface area contributed by atoms with Crippen LogP contribution in [0.5, 0.6) is 0 Å². The zero-order valence-electron chi connectivity index (χ0n) is 46.0. The first-order chi connectivity index (χ1) is 38.4. The maximum atomic E-state index is 13.6. The molecule has 0 bridgehead atoms. The number of amidine groups is 1. The van der Waals surface area contributed by atoms with Crippen molar-refractivity contribution < 1.29 is 47.9 Å². The number of carbonyl (C=O) groups excluding carboxylic acids is 9. The number of amides is 10. The van der Waals surface area contributed by atoms with E-state index in [9.17, 15) is 43.2 Å². The van der Waals surface area contributed by atoms with Crippen molar-refractivity contribution in [3.05, 3.63) is 95.2 Å². The third-order valence-corrected chi connectivity index (χ3v) is 13.6. The van der Waals surface area contributed by atoms with Crippen LogP contribution < -0.4 is 48.3 Å². The molecule has 2 atom stereocenters. The van der Waals surface area contributed by atoms with Crippen LogP contribution in [0.1, 0.15) is 120 Å². The molecule has 1 aromatic heterocycles. The van der Waals surface area contributed by atoms with Gasteiger partial charge in [0.1, 0.15) is 30.3 Å². The Hall–Kier alpha value is -8.63. The quantitative estimate of drug-likeness (QED) is 0.0362. The Kier molecular flexibility index (Phi) is 22.7. The molecule has 23 heteroatoms. The fraction of sp³-hybridized carbons (Fsp3) is 0.456. The number of urea groups is 1. The molecule has 0 aliphatic carbocycles. The molecular weight excluding hydrogens is 1030 g/mol. The van der Waals surface area contributed by atoms with E-state index >= 15 is 0 Å². The Morgan fingerprint density at radius 3 is 2.17 bits per heavy atom. The number of aromatic nitrogens is 1. The summed E-state index contributed by atoms with van der Waals surface area (Å²) in [6, 6.07) is 12.5. The number of nitrogens with zero attached hydrogens (tertiary/aromatic N) is 5. The van der Waals surface area contributed by atoms with Crippen molar-refractivity contribution in [1.82, 2.24) is 36.1 Å². The lowest BCUT2D eigenvalue weighted by Gasteiger charge is -2.33. The smallest absolute Gasteiger partial charge is 0.407 e. The highest BCUT2D eigenvalue weighted by Crippen LogP contribution is 2.29. The van der Waals surface area contributed by atoms with Crippen molar-refractivity contribution in [1.29, 1.82) is 0 Å². The van der Waals surface area contributed by atoms with E-state index in [1.165, 1.54) is 12.2 Å². The lowest BCUT2D eigenvalue weighted by atomic mass is 10.0. The van der Waals surface area contributed by atoms with Gasteiger partial charge < -0.3 is 57.9 Å². The molecule has 10 N–H and O–H groups in total. The van der Waals surface area contributed by atoms with Crippen LogP contribution >= 0.6 is 0 Å². The van der Waals surface area contributed by atoms with E-state index in [0.29, 0.717) is 110 Å². The van der Waals surface area contributed by atoms with Gasteiger partial charge in [-0.1, -0.05) is 52.3 Å². The Balaban J connectivity index is 0.920. The Morgan fingerprint density at radius 1 is 0.825 bits per heavy atom. The third kappa shape index (κ3) is 18.2. The molecule has 4 heterocycles. The first kappa shape index (κ1) is 60.6. The van der Waals surface area contributed by atoms with Crippen LogP contribution in [0.15, 0.2) is 83.5 Å². The summed E-state index contributed by atoms with van der Waals surface area (Å²) in [5.74, 6) is -1.91. The molecule has 6 rings (SSSR count). The van der Waals surface area contributed by atoms with Gasteiger partial charge in [0, 0.05) is 92.7 Å². The molecule has 1 saturated heterocycles. The molecule has 2 unspecified atom stereocenters. The molecule has 0 radical (unpaired) electrons. The number of nitrogens with one attached hydrogen (secondary N) is 6. The van der Waals surface area contributed by atoms with Gasteiger partial charge in [-0.2, -0.15) is 0 Å². The van der Waals surface area contributed by atoms with Crippen LogP contribution in [0.2, 0.25) is 0 Å².